The molecule has 2 aromatic heterocycles. The van der Waals surface area contributed by atoms with Crippen LogP contribution in [0.2, 0.25) is 0 Å². The zero-order chi connectivity index (χ0) is 20.5. The predicted octanol–water partition coefficient (Wildman–Crippen LogP) is 2.06. The summed E-state index contributed by atoms with van der Waals surface area (Å²) >= 11 is 1.13. The van der Waals surface area contributed by atoms with E-state index in [1.54, 1.807) is 13.1 Å². The molecular weight excluding hydrogens is 390 g/mol. The molecule has 0 N–H and O–H groups in total. The number of aryl methyl sites for hydroxylation is 1. The smallest absolute Gasteiger partial charge is 0.348 e. The molecule has 0 radical (unpaired) electrons. The van der Waals surface area contributed by atoms with E-state index in [4.69, 9.17) is 4.74 Å². The highest BCUT2D eigenvalue weighted by molar-refractivity contribution is 7.20. The van der Waals surface area contributed by atoms with Crippen LogP contribution in [0.5, 0.6) is 0 Å². The Bertz CT molecular complexity index is 1150. The van der Waals surface area contributed by atoms with Crippen LogP contribution < -0.4 is 11.2 Å². The third-order valence-electron chi connectivity index (χ3n) is 5.33. The molecule has 3 heterocycles. The number of hydrogen-bond donors (Lipinski definition) is 0. The number of nitrogens with zero attached hydrogens (tertiary/aromatic N) is 3. The topological polar surface area (TPSA) is 73.5 Å². The highest BCUT2D eigenvalue weighted by atomic mass is 32.1. The number of piperidine rings is 1. The van der Waals surface area contributed by atoms with E-state index in [0.717, 1.165) is 42.8 Å². The monoisotopic (exact) mass is 413 g/mol. The molecule has 3 aromatic rings. The zero-order valence-electron chi connectivity index (χ0n) is 16.5. The van der Waals surface area contributed by atoms with Crippen LogP contribution in [0.25, 0.3) is 10.2 Å². The Morgan fingerprint density at radius 1 is 1.14 bits per heavy atom. The van der Waals surface area contributed by atoms with E-state index in [1.807, 2.05) is 37.4 Å². The molecule has 1 fully saturated rings. The third kappa shape index (κ3) is 3.90. The van der Waals surface area contributed by atoms with Crippen LogP contribution in [-0.4, -0.2) is 46.2 Å². The summed E-state index contributed by atoms with van der Waals surface area (Å²) in [6, 6.07) is 10.9. The normalized spacial score (nSPS) is 15.7. The molecule has 0 atom stereocenters. The number of aromatic nitrogens is 2. The summed E-state index contributed by atoms with van der Waals surface area (Å²) < 4.78 is 8.27. The summed E-state index contributed by atoms with van der Waals surface area (Å²) in [7, 11) is 3.67. The summed E-state index contributed by atoms with van der Waals surface area (Å²) in [6.45, 7) is 1.97. The maximum absolute atomic E-state index is 13.0. The molecule has 0 unspecified atom stereocenters. The highest BCUT2D eigenvalue weighted by Gasteiger charge is 2.23. The van der Waals surface area contributed by atoms with Gasteiger partial charge in [-0.1, -0.05) is 30.3 Å². The lowest BCUT2D eigenvalue weighted by Gasteiger charge is -2.28. The van der Waals surface area contributed by atoms with E-state index in [2.05, 4.69) is 4.90 Å². The minimum absolute atomic E-state index is 0.109. The van der Waals surface area contributed by atoms with E-state index in [1.165, 1.54) is 9.13 Å². The average Bonchev–Trinajstić information content (AvgIpc) is 3.18. The van der Waals surface area contributed by atoms with Crippen LogP contribution in [0.1, 0.15) is 28.1 Å². The van der Waals surface area contributed by atoms with Gasteiger partial charge in [-0.15, -0.1) is 11.3 Å². The largest absolute Gasteiger partial charge is 0.458 e. The van der Waals surface area contributed by atoms with Gasteiger partial charge in [-0.25, -0.2) is 9.59 Å². The molecule has 29 heavy (non-hydrogen) atoms. The molecular formula is C21H23N3O4S. The van der Waals surface area contributed by atoms with E-state index in [9.17, 15) is 14.4 Å². The van der Waals surface area contributed by atoms with Crippen molar-refractivity contribution in [3.63, 3.8) is 0 Å². The van der Waals surface area contributed by atoms with Gasteiger partial charge in [0.05, 0.1) is 11.9 Å². The minimum atomic E-state index is -0.429. The van der Waals surface area contributed by atoms with E-state index < -0.39 is 11.7 Å². The van der Waals surface area contributed by atoms with Gasteiger partial charge >= 0.3 is 11.7 Å². The Morgan fingerprint density at radius 2 is 1.83 bits per heavy atom. The van der Waals surface area contributed by atoms with E-state index >= 15 is 0 Å². The van der Waals surface area contributed by atoms with Gasteiger partial charge in [0.25, 0.3) is 5.56 Å². The second-order valence-electron chi connectivity index (χ2n) is 7.46. The number of carbonyl (C=O) groups is 1. The second-order valence-corrected chi connectivity index (χ2v) is 8.49. The van der Waals surface area contributed by atoms with Crippen LogP contribution >= 0.6 is 11.3 Å². The first-order valence-electron chi connectivity index (χ1n) is 9.61. The predicted molar refractivity (Wildman–Crippen MR) is 113 cm³/mol. The molecule has 0 saturated carbocycles. The zero-order valence-corrected chi connectivity index (χ0v) is 17.3. The Hall–Kier alpha value is -2.71. The van der Waals surface area contributed by atoms with E-state index in [0.29, 0.717) is 15.1 Å². The first-order chi connectivity index (χ1) is 13.9. The molecule has 8 heteroatoms. The SMILES string of the molecule is CN1CCC(OC(=O)c2cc3c(=O)n(Cc4ccccc4)c(=O)n(C)c3s2)CC1. The van der Waals surface area contributed by atoms with Crippen LogP contribution in [0.3, 0.4) is 0 Å². The van der Waals surface area contributed by atoms with Crippen molar-refractivity contribution >= 4 is 27.5 Å². The molecule has 0 spiro atoms. The summed E-state index contributed by atoms with van der Waals surface area (Å²) in [4.78, 5) is 41.4. The van der Waals surface area contributed by atoms with Gasteiger partial charge in [0.1, 0.15) is 15.8 Å². The molecule has 1 aliphatic rings. The highest BCUT2D eigenvalue weighted by Crippen LogP contribution is 2.24. The van der Waals surface area contributed by atoms with Crippen molar-refractivity contribution in [1.29, 1.82) is 0 Å². The number of esters is 1. The standard InChI is InChI=1S/C21H23N3O4S/c1-22-10-8-15(9-11-22)28-20(26)17-12-16-18(25)24(13-14-6-4-3-5-7-14)21(27)23(2)19(16)29-17/h3-7,12,15H,8-11,13H2,1-2H3. The van der Waals surface area contributed by atoms with Crippen LogP contribution in [0.15, 0.2) is 46.0 Å². The fourth-order valence-electron chi connectivity index (χ4n) is 3.60. The Labute approximate surface area is 171 Å². The number of rotatable bonds is 4. The van der Waals surface area contributed by atoms with Crippen molar-refractivity contribution in [2.24, 2.45) is 7.05 Å². The van der Waals surface area contributed by atoms with Gasteiger partial charge in [-0.3, -0.25) is 13.9 Å². The molecule has 0 aliphatic carbocycles. The lowest BCUT2D eigenvalue weighted by molar-refractivity contribution is 0.0145. The average molecular weight is 413 g/mol. The molecule has 152 valence electrons. The Balaban J connectivity index is 1.66. The summed E-state index contributed by atoms with van der Waals surface area (Å²) in [5.74, 6) is -0.429. The summed E-state index contributed by atoms with van der Waals surface area (Å²) in [6.07, 6.45) is 1.49. The Morgan fingerprint density at radius 3 is 2.52 bits per heavy atom. The molecule has 1 saturated heterocycles. The second kappa shape index (κ2) is 7.96. The number of ether oxygens (including phenoxy) is 1. The van der Waals surface area contributed by atoms with Crippen molar-refractivity contribution in [3.8, 4) is 0 Å². The third-order valence-corrected chi connectivity index (χ3v) is 6.53. The summed E-state index contributed by atoms with van der Waals surface area (Å²) in [5.41, 5.74) is 0.0770. The minimum Gasteiger partial charge on any atom is -0.458 e. The molecule has 4 rings (SSSR count). The number of benzene rings is 1. The molecule has 0 amide bonds. The van der Waals surface area contributed by atoms with Gasteiger partial charge in [-0.2, -0.15) is 0 Å². The van der Waals surface area contributed by atoms with Gasteiger partial charge in [0, 0.05) is 20.1 Å². The van der Waals surface area contributed by atoms with Gasteiger partial charge in [0.15, 0.2) is 0 Å². The van der Waals surface area contributed by atoms with Crippen molar-refractivity contribution < 1.29 is 9.53 Å². The fraction of sp³-hybridized carbons (Fsp3) is 0.381. The first kappa shape index (κ1) is 19.6. The number of hydrogen-bond acceptors (Lipinski definition) is 6. The first-order valence-corrected chi connectivity index (χ1v) is 10.4. The molecule has 1 aromatic carbocycles. The number of likely N-dealkylation sites (tertiary alicyclic amines) is 1. The van der Waals surface area contributed by atoms with Crippen molar-refractivity contribution in [2.75, 3.05) is 20.1 Å². The van der Waals surface area contributed by atoms with Gasteiger partial charge < -0.3 is 9.64 Å². The summed E-state index contributed by atoms with van der Waals surface area (Å²) in [5, 5.41) is 0.364. The maximum Gasteiger partial charge on any atom is 0.348 e. The Kier molecular flexibility index (Phi) is 5.38. The van der Waals surface area contributed by atoms with Gasteiger partial charge in [0.2, 0.25) is 0 Å². The lowest BCUT2D eigenvalue weighted by atomic mass is 10.1. The van der Waals surface area contributed by atoms with Crippen LogP contribution in [-0.2, 0) is 18.3 Å². The van der Waals surface area contributed by atoms with Crippen molar-refractivity contribution in [2.45, 2.75) is 25.5 Å². The quantitative estimate of drug-likeness (QED) is 0.612. The number of fused-ring (bicyclic) bond motifs is 1. The number of thiophene rings is 1. The van der Waals surface area contributed by atoms with Crippen molar-refractivity contribution in [1.82, 2.24) is 14.0 Å². The lowest BCUT2D eigenvalue weighted by Crippen LogP contribution is -2.38. The van der Waals surface area contributed by atoms with Gasteiger partial charge in [-0.05, 0) is 31.5 Å². The molecule has 7 nitrogen and oxygen atoms in total. The molecule has 0 bridgehead atoms. The molecule has 1 aliphatic heterocycles. The number of carbonyl (C=O) groups excluding carboxylic acids is 1. The van der Waals surface area contributed by atoms with Crippen LogP contribution in [0, 0.1) is 0 Å². The maximum atomic E-state index is 13.0. The van der Waals surface area contributed by atoms with Crippen molar-refractivity contribution in [3.05, 3.63) is 67.7 Å². The fourth-order valence-corrected chi connectivity index (χ4v) is 4.59. The van der Waals surface area contributed by atoms with Crippen LogP contribution in [0.4, 0.5) is 0 Å². The van der Waals surface area contributed by atoms with E-state index in [-0.39, 0.29) is 18.2 Å².